The third kappa shape index (κ3) is 5.34. The summed E-state index contributed by atoms with van der Waals surface area (Å²) in [5.41, 5.74) is 3.10. The molecule has 1 amide bonds. The van der Waals surface area contributed by atoms with Gasteiger partial charge in [-0.25, -0.2) is 0 Å². The number of ether oxygens (including phenoxy) is 1. The second-order valence-corrected chi connectivity index (χ2v) is 6.14. The van der Waals surface area contributed by atoms with Gasteiger partial charge in [-0.2, -0.15) is 0 Å². The van der Waals surface area contributed by atoms with Gasteiger partial charge in [-0.3, -0.25) is 4.79 Å². The van der Waals surface area contributed by atoms with E-state index >= 15 is 0 Å². The maximum Gasteiger partial charge on any atom is 0.221 e. The zero-order valence-electron chi connectivity index (χ0n) is 13.8. The molecule has 1 aromatic carbocycles. The number of anilines is 2. The van der Waals surface area contributed by atoms with E-state index in [4.69, 9.17) is 4.74 Å². The van der Waals surface area contributed by atoms with Crippen molar-refractivity contribution in [2.24, 2.45) is 5.92 Å². The van der Waals surface area contributed by atoms with E-state index in [1.807, 2.05) is 19.1 Å². The summed E-state index contributed by atoms with van der Waals surface area (Å²) in [6.07, 6.45) is 6.22. The number of nitrogens with one attached hydrogen (secondary N) is 2. The second kappa shape index (κ2) is 8.79. The number of hydrogen-bond donors (Lipinski definition) is 2. The highest BCUT2D eigenvalue weighted by atomic mass is 16.5. The predicted octanol–water partition coefficient (Wildman–Crippen LogP) is 3.96. The van der Waals surface area contributed by atoms with Gasteiger partial charge in [-0.15, -0.1) is 0 Å². The minimum Gasteiger partial charge on any atom is -0.385 e. The average molecular weight is 304 g/mol. The van der Waals surface area contributed by atoms with E-state index in [9.17, 15) is 4.79 Å². The van der Waals surface area contributed by atoms with Crippen LogP contribution in [0.25, 0.3) is 0 Å². The van der Waals surface area contributed by atoms with Crippen molar-refractivity contribution >= 4 is 17.3 Å². The van der Waals surface area contributed by atoms with E-state index in [0.717, 1.165) is 42.6 Å². The molecule has 2 rings (SSSR count). The molecule has 0 unspecified atom stereocenters. The van der Waals surface area contributed by atoms with Crippen LogP contribution in [0.5, 0.6) is 0 Å². The molecule has 1 fully saturated rings. The average Bonchev–Trinajstić information content (AvgIpc) is 2.51. The molecule has 122 valence electrons. The number of benzene rings is 1. The first-order valence-electron chi connectivity index (χ1n) is 8.35. The lowest BCUT2D eigenvalue weighted by Gasteiger charge is -2.21. The topological polar surface area (TPSA) is 50.4 Å². The molecule has 0 spiro atoms. The van der Waals surface area contributed by atoms with Crippen LogP contribution in [0.2, 0.25) is 0 Å². The predicted molar refractivity (Wildman–Crippen MR) is 91.4 cm³/mol. The molecule has 0 radical (unpaired) electrons. The third-order valence-corrected chi connectivity index (χ3v) is 4.34. The molecule has 0 atom stereocenters. The van der Waals surface area contributed by atoms with E-state index in [1.165, 1.54) is 39.0 Å². The van der Waals surface area contributed by atoms with E-state index in [0.29, 0.717) is 0 Å². The lowest BCUT2D eigenvalue weighted by atomic mass is 9.94. The Bertz CT molecular complexity index is 482. The standard InChI is InChI=1S/C18H28N2O2/c1-14-17(7-5-8-18(14)20-15(2)21)19-11-4-3-6-16-9-12-22-13-10-16/h5,7-8,16,19H,3-4,6,9-13H2,1-2H3,(H,20,21). The summed E-state index contributed by atoms with van der Waals surface area (Å²) in [4.78, 5) is 11.2. The molecule has 4 heteroatoms. The van der Waals surface area contributed by atoms with Gasteiger partial charge in [-0.05, 0) is 49.8 Å². The highest BCUT2D eigenvalue weighted by Gasteiger charge is 2.12. The van der Waals surface area contributed by atoms with Crippen molar-refractivity contribution in [1.29, 1.82) is 0 Å². The summed E-state index contributed by atoms with van der Waals surface area (Å²) in [6.45, 7) is 6.44. The summed E-state index contributed by atoms with van der Waals surface area (Å²) >= 11 is 0. The number of carbonyl (C=O) groups is 1. The van der Waals surface area contributed by atoms with Gasteiger partial charge in [0.2, 0.25) is 5.91 Å². The zero-order chi connectivity index (χ0) is 15.8. The fraction of sp³-hybridized carbons (Fsp3) is 0.611. The lowest BCUT2D eigenvalue weighted by Crippen LogP contribution is -2.15. The molecule has 0 aromatic heterocycles. The molecule has 2 N–H and O–H groups in total. The van der Waals surface area contributed by atoms with Crippen LogP contribution in [0.4, 0.5) is 11.4 Å². The molecular formula is C18H28N2O2. The summed E-state index contributed by atoms with van der Waals surface area (Å²) < 4.78 is 5.39. The molecule has 1 aliphatic heterocycles. The van der Waals surface area contributed by atoms with Crippen molar-refractivity contribution in [3.63, 3.8) is 0 Å². The smallest absolute Gasteiger partial charge is 0.221 e. The first-order chi connectivity index (χ1) is 10.7. The molecule has 4 nitrogen and oxygen atoms in total. The molecule has 22 heavy (non-hydrogen) atoms. The fourth-order valence-corrected chi connectivity index (χ4v) is 2.97. The van der Waals surface area contributed by atoms with Gasteiger partial charge in [0.1, 0.15) is 0 Å². The Morgan fingerprint density at radius 1 is 1.23 bits per heavy atom. The molecule has 0 bridgehead atoms. The van der Waals surface area contributed by atoms with Crippen molar-refractivity contribution in [3.05, 3.63) is 23.8 Å². The van der Waals surface area contributed by atoms with Crippen LogP contribution in [0.15, 0.2) is 18.2 Å². The van der Waals surface area contributed by atoms with Crippen LogP contribution < -0.4 is 10.6 Å². The van der Waals surface area contributed by atoms with Gasteiger partial charge in [0.05, 0.1) is 0 Å². The van der Waals surface area contributed by atoms with Crippen LogP contribution in [-0.4, -0.2) is 25.7 Å². The van der Waals surface area contributed by atoms with Gasteiger partial charge < -0.3 is 15.4 Å². The Labute approximate surface area is 133 Å². The van der Waals surface area contributed by atoms with Gasteiger partial charge >= 0.3 is 0 Å². The second-order valence-electron chi connectivity index (χ2n) is 6.14. The Balaban J connectivity index is 1.71. The van der Waals surface area contributed by atoms with Crippen molar-refractivity contribution < 1.29 is 9.53 Å². The first kappa shape index (κ1) is 16.8. The van der Waals surface area contributed by atoms with Crippen molar-refractivity contribution in [3.8, 4) is 0 Å². The quantitative estimate of drug-likeness (QED) is 0.750. The monoisotopic (exact) mass is 304 g/mol. The Kier molecular flexibility index (Phi) is 6.72. The molecule has 0 aliphatic carbocycles. The maximum atomic E-state index is 11.2. The Morgan fingerprint density at radius 2 is 1.95 bits per heavy atom. The molecule has 1 aromatic rings. The Morgan fingerprint density at radius 3 is 2.68 bits per heavy atom. The molecule has 1 saturated heterocycles. The van der Waals surface area contributed by atoms with Crippen molar-refractivity contribution in [2.45, 2.75) is 46.0 Å². The van der Waals surface area contributed by atoms with Crippen LogP contribution >= 0.6 is 0 Å². The molecule has 1 aliphatic rings. The van der Waals surface area contributed by atoms with Gasteiger partial charge in [0.25, 0.3) is 0 Å². The number of amides is 1. The molecule has 1 heterocycles. The van der Waals surface area contributed by atoms with Gasteiger partial charge in [-0.1, -0.05) is 18.9 Å². The lowest BCUT2D eigenvalue weighted by molar-refractivity contribution is -0.114. The SMILES string of the molecule is CC(=O)Nc1cccc(NCCCCC2CCOCC2)c1C. The van der Waals surface area contributed by atoms with E-state index < -0.39 is 0 Å². The minimum atomic E-state index is -0.0308. The van der Waals surface area contributed by atoms with Crippen LogP contribution in [0.1, 0.15) is 44.6 Å². The largest absolute Gasteiger partial charge is 0.385 e. The summed E-state index contributed by atoms with van der Waals surface area (Å²) in [5.74, 6) is 0.829. The van der Waals surface area contributed by atoms with Gasteiger partial charge in [0.15, 0.2) is 0 Å². The normalized spacial score (nSPS) is 15.5. The van der Waals surface area contributed by atoms with E-state index in [-0.39, 0.29) is 5.91 Å². The first-order valence-corrected chi connectivity index (χ1v) is 8.35. The number of hydrogen-bond acceptors (Lipinski definition) is 3. The fourth-order valence-electron chi connectivity index (χ4n) is 2.97. The van der Waals surface area contributed by atoms with Crippen LogP contribution in [-0.2, 0) is 9.53 Å². The van der Waals surface area contributed by atoms with Gasteiger partial charge in [0, 0.05) is 38.1 Å². The Hall–Kier alpha value is -1.55. The summed E-state index contributed by atoms with van der Waals surface area (Å²) in [5, 5.41) is 6.36. The van der Waals surface area contributed by atoms with Crippen LogP contribution in [0, 0.1) is 12.8 Å². The van der Waals surface area contributed by atoms with Crippen molar-refractivity contribution in [2.75, 3.05) is 30.4 Å². The van der Waals surface area contributed by atoms with Crippen LogP contribution in [0.3, 0.4) is 0 Å². The van der Waals surface area contributed by atoms with Crippen molar-refractivity contribution in [1.82, 2.24) is 0 Å². The van der Waals surface area contributed by atoms with E-state index in [2.05, 4.69) is 16.7 Å². The highest BCUT2D eigenvalue weighted by Crippen LogP contribution is 2.24. The minimum absolute atomic E-state index is 0.0308. The number of carbonyl (C=O) groups excluding carboxylic acids is 1. The number of rotatable bonds is 7. The van der Waals surface area contributed by atoms with E-state index in [1.54, 1.807) is 0 Å². The number of unbranched alkanes of at least 4 members (excludes halogenated alkanes) is 1. The summed E-state index contributed by atoms with van der Waals surface area (Å²) in [6, 6.07) is 5.98. The third-order valence-electron chi connectivity index (χ3n) is 4.34. The molecular weight excluding hydrogens is 276 g/mol. The highest BCUT2D eigenvalue weighted by molar-refractivity contribution is 5.90. The maximum absolute atomic E-state index is 11.2. The zero-order valence-corrected chi connectivity index (χ0v) is 13.8. The molecule has 0 saturated carbocycles. The summed E-state index contributed by atoms with van der Waals surface area (Å²) in [7, 11) is 0.